The van der Waals surface area contributed by atoms with E-state index in [1.54, 1.807) is 25.3 Å². The summed E-state index contributed by atoms with van der Waals surface area (Å²) in [5.74, 6) is 2.67. The Kier molecular flexibility index (Phi) is 5.90. The molecule has 166 valence electrons. The van der Waals surface area contributed by atoms with Gasteiger partial charge in [0, 0.05) is 4.47 Å². The van der Waals surface area contributed by atoms with E-state index in [4.69, 9.17) is 14.2 Å². The minimum absolute atomic E-state index is 0.224. The first-order valence-electron chi connectivity index (χ1n) is 10.0. The van der Waals surface area contributed by atoms with Gasteiger partial charge in [-0.2, -0.15) is 9.78 Å². The van der Waals surface area contributed by atoms with Crippen LogP contribution in [0.5, 0.6) is 17.2 Å². The third kappa shape index (κ3) is 4.51. The van der Waals surface area contributed by atoms with Crippen LogP contribution in [0.3, 0.4) is 0 Å². The zero-order chi connectivity index (χ0) is 22.9. The van der Waals surface area contributed by atoms with Crippen molar-refractivity contribution in [3.8, 4) is 17.2 Å². The van der Waals surface area contributed by atoms with Crippen LogP contribution in [0.2, 0.25) is 0 Å². The summed E-state index contributed by atoms with van der Waals surface area (Å²) >= 11 is 6.95. The SMILES string of the molecule is Cc1nc2ccc(Br)cc2c(=O)n1N=Cc1ccc(OCc2ccc3c(c2)OCO3)c(Br)c1. The lowest BCUT2D eigenvalue weighted by Crippen LogP contribution is -2.20. The van der Waals surface area contributed by atoms with Crippen molar-refractivity contribution < 1.29 is 14.2 Å². The van der Waals surface area contributed by atoms with Gasteiger partial charge in [0.05, 0.1) is 21.6 Å². The van der Waals surface area contributed by atoms with Crippen LogP contribution < -0.4 is 19.8 Å². The summed E-state index contributed by atoms with van der Waals surface area (Å²) in [4.78, 5) is 17.4. The Morgan fingerprint density at radius 1 is 1.09 bits per heavy atom. The highest BCUT2D eigenvalue weighted by Gasteiger charge is 2.14. The van der Waals surface area contributed by atoms with Gasteiger partial charge in [-0.3, -0.25) is 4.79 Å². The molecule has 0 bridgehead atoms. The Labute approximate surface area is 205 Å². The number of hydrogen-bond donors (Lipinski definition) is 0. The van der Waals surface area contributed by atoms with Crippen LogP contribution >= 0.6 is 31.9 Å². The molecule has 0 radical (unpaired) electrons. The van der Waals surface area contributed by atoms with Crippen LogP contribution in [0.25, 0.3) is 10.9 Å². The molecule has 0 aliphatic carbocycles. The molecule has 1 aliphatic rings. The summed E-state index contributed by atoms with van der Waals surface area (Å²) < 4.78 is 19.6. The van der Waals surface area contributed by atoms with Gasteiger partial charge in [0.15, 0.2) is 11.5 Å². The number of nitrogens with zero attached hydrogens (tertiary/aromatic N) is 3. The van der Waals surface area contributed by atoms with Crippen molar-refractivity contribution in [3.63, 3.8) is 0 Å². The van der Waals surface area contributed by atoms with E-state index >= 15 is 0 Å². The quantitative estimate of drug-likeness (QED) is 0.300. The van der Waals surface area contributed by atoms with Crippen LogP contribution in [0.1, 0.15) is 17.0 Å². The minimum Gasteiger partial charge on any atom is -0.488 e. The standard InChI is InChI=1S/C24H17Br2N3O4/c1-14-28-20-5-4-17(25)10-18(20)24(30)29(14)27-11-15-2-6-21(19(26)8-15)31-12-16-3-7-22-23(9-16)33-13-32-22/h2-11H,12-13H2,1H3. The first-order chi connectivity index (χ1) is 16.0. The molecule has 33 heavy (non-hydrogen) atoms. The fourth-order valence-electron chi connectivity index (χ4n) is 3.43. The molecule has 5 rings (SSSR count). The third-order valence-corrected chi connectivity index (χ3v) is 6.19. The highest BCUT2D eigenvalue weighted by Crippen LogP contribution is 2.33. The molecule has 2 heterocycles. The minimum atomic E-state index is -0.224. The molecule has 0 atom stereocenters. The largest absolute Gasteiger partial charge is 0.488 e. The molecule has 0 fully saturated rings. The maximum Gasteiger partial charge on any atom is 0.282 e. The molecule has 0 spiro atoms. The normalized spacial score (nSPS) is 12.6. The van der Waals surface area contributed by atoms with E-state index in [-0.39, 0.29) is 12.4 Å². The predicted octanol–water partition coefficient (Wildman–Crippen LogP) is 5.42. The number of ether oxygens (including phenoxy) is 3. The first kappa shape index (κ1) is 21.7. The molecule has 3 aromatic carbocycles. The van der Waals surface area contributed by atoms with Crippen LogP contribution in [0.15, 0.2) is 73.4 Å². The predicted molar refractivity (Wildman–Crippen MR) is 132 cm³/mol. The lowest BCUT2D eigenvalue weighted by molar-refractivity contribution is 0.174. The summed E-state index contributed by atoms with van der Waals surface area (Å²) in [5, 5.41) is 4.87. The van der Waals surface area contributed by atoms with Gasteiger partial charge in [0.1, 0.15) is 18.2 Å². The average Bonchev–Trinajstić information content (AvgIpc) is 3.27. The van der Waals surface area contributed by atoms with Crippen molar-refractivity contribution in [3.05, 3.63) is 90.8 Å². The fourth-order valence-corrected chi connectivity index (χ4v) is 4.30. The second kappa shape index (κ2) is 8.99. The number of fused-ring (bicyclic) bond motifs is 2. The van der Waals surface area contributed by atoms with Gasteiger partial charge >= 0.3 is 0 Å². The maximum absolute atomic E-state index is 12.9. The molecule has 0 saturated heterocycles. The summed E-state index contributed by atoms with van der Waals surface area (Å²) in [6.07, 6.45) is 1.62. The third-order valence-electron chi connectivity index (χ3n) is 5.08. The van der Waals surface area contributed by atoms with E-state index in [2.05, 4.69) is 41.9 Å². The number of rotatable bonds is 5. The van der Waals surface area contributed by atoms with Crippen molar-refractivity contribution in [1.82, 2.24) is 9.66 Å². The molecule has 7 nitrogen and oxygen atoms in total. The van der Waals surface area contributed by atoms with Crippen LogP contribution in [-0.4, -0.2) is 22.7 Å². The Bertz CT molecular complexity index is 1470. The molecular formula is C24H17Br2N3O4. The van der Waals surface area contributed by atoms with E-state index in [1.807, 2.05) is 42.5 Å². The van der Waals surface area contributed by atoms with E-state index in [0.717, 1.165) is 31.6 Å². The Morgan fingerprint density at radius 3 is 2.79 bits per heavy atom. The zero-order valence-electron chi connectivity index (χ0n) is 17.4. The van der Waals surface area contributed by atoms with Gasteiger partial charge in [0.2, 0.25) is 6.79 Å². The van der Waals surface area contributed by atoms with E-state index in [1.165, 1.54) is 4.68 Å². The van der Waals surface area contributed by atoms with Gasteiger partial charge in [-0.25, -0.2) is 4.98 Å². The number of halogens is 2. The molecule has 0 amide bonds. The van der Waals surface area contributed by atoms with Crippen LogP contribution in [-0.2, 0) is 6.61 Å². The molecule has 1 aromatic heterocycles. The summed E-state index contributed by atoms with van der Waals surface area (Å²) in [5.41, 5.74) is 2.19. The van der Waals surface area contributed by atoms with E-state index < -0.39 is 0 Å². The van der Waals surface area contributed by atoms with Crippen LogP contribution in [0.4, 0.5) is 0 Å². The van der Waals surface area contributed by atoms with Crippen molar-refractivity contribution in [2.75, 3.05) is 6.79 Å². The highest BCUT2D eigenvalue weighted by molar-refractivity contribution is 9.10. The molecule has 4 aromatic rings. The Morgan fingerprint density at radius 2 is 1.94 bits per heavy atom. The number of hydrogen-bond acceptors (Lipinski definition) is 6. The molecule has 0 N–H and O–H groups in total. The van der Waals surface area contributed by atoms with Gasteiger partial charge in [-0.1, -0.05) is 22.0 Å². The average molecular weight is 571 g/mol. The molecule has 1 aliphatic heterocycles. The van der Waals surface area contributed by atoms with Crippen LogP contribution in [0, 0.1) is 6.92 Å². The van der Waals surface area contributed by atoms with Gasteiger partial charge in [0.25, 0.3) is 5.56 Å². The zero-order valence-corrected chi connectivity index (χ0v) is 20.6. The summed E-state index contributed by atoms with van der Waals surface area (Å²) in [7, 11) is 0. The van der Waals surface area contributed by atoms with Crippen molar-refractivity contribution in [1.29, 1.82) is 0 Å². The van der Waals surface area contributed by atoms with E-state index in [9.17, 15) is 4.79 Å². The number of aryl methyl sites for hydroxylation is 1. The summed E-state index contributed by atoms with van der Waals surface area (Å²) in [6.45, 7) is 2.38. The molecular weight excluding hydrogens is 554 g/mol. The maximum atomic E-state index is 12.9. The molecule has 0 saturated carbocycles. The van der Waals surface area contributed by atoms with Gasteiger partial charge in [-0.05, 0) is 82.5 Å². The van der Waals surface area contributed by atoms with Crippen molar-refractivity contribution in [2.45, 2.75) is 13.5 Å². The Balaban J connectivity index is 1.34. The summed E-state index contributed by atoms with van der Waals surface area (Å²) in [6, 6.07) is 16.7. The lowest BCUT2D eigenvalue weighted by Gasteiger charge is -2.10. The first-order valence-corrected chi connectivity index (χ1v) is 11.6. The topological polar surface area (TPSA) is 74.9 Å². The second-order valence-electron chi connectivity index (χ2n) is 7.35. The second-order valence-corrected chi connectivity index (χ2v) is 9.12. The molecule has 9 heteroatoms. The van der Waals surface area contributed by atoms with Gasteiger partial charge < -0.3 is 14.2 Å². The fraction of sp³-hybridized carbons (Fsp3) is 0.125. The van der Waals surface area contributed by atoms with E-state index in [0.29, 0.717) is 29.1 Å². The van der Waals surface area contributed by atoms with Crippen molar-refractivity contribution >= 4 is 49.0 Å². The smallest absolute Gasteiger partial charge is 0.282 e. The number of aromatic nitrogens is 2. The Hall–Kier alpha value is -3.17. The lowest BCUT2D eigenvalue weighted by atomic mass is 10.2. The number of benzene rings is 3. The highest BCUT2D eigenvalue weighted by atomic mass is 79.9. The monoisotopic (exact) mass is 569 g/mol. The van der Waals surface area contributed by atoms with Gasteiger partial charge in [-0.15, -0.1) is 0 Å². The molecule has 0 unspecified atom stereocenters. The van der Waals surface area contributed by atoms with Crippen molar-refractivity contribution in [2.24, 2.45) is 5.10 Å².